The van der Waals surface area contributed by atoms with Crippen molar-refractivity contribution in [1.29, 1.82) is 0 Å². The molecule has 0 bridgehead atoms. The normalized spacial score (nSPS) is 17.3. The van der Waals surface area contributed by atoms with Gasteiger partial charge in [-0.3, -0.25) is 9.41 Å². The van der Waals surface area contributed by atoms with E-state index < -0.39 is 12.0 Å². The molecule has 0 spiro atoms. The van der Waals surface area contributed by atoms with Crippen molar-refractivity contribution in [2.75, 3.05) is 18.1 Å². The van der Waals surface area contributed by atoms with Gasteiger partial charge in [0.25, 0.3) is 0 Å². The van der Waals surface area contributed by atoms with E-state index in [1.54, 1.807) is 32.2 Å². The van der Waals surface area contributed by atoms with E-state index in [0.717, 1.165) is 0 Å². The van der Waals surface area contributed by atoms with E-state index in [-0.39, 0.29) is 0 Å². The predicted molar refractivity (Wildman–Crippen MR) is 69.9 cm³/mol. The molecule has 1 unspecified atom stereocenters. The molecule has 96 valence electrons. The first-order valence-corrected chi connectivity index (χ1v) is 5.85. The van der Waals surface area contributed by atoms with E-state index in [9.17, 15) is 4.79 Å². The molecule has 0 fully saturated rings. The van der Waals surface area contributed by atoms with Crippen LogP contribution in [0.1, 0.15) is 6.92 Å². The number of rotatable bonds is 3. The quantitative estimate of drug-likeness (QED) is 0.623. The van der Waals surface area contributed by atoms with E-state index in [0.29, 0.717) is 23.7 Å². The summed E-state index contributed by atoms with van der Waals surface area (Å²) in [6, 6.07) is 4.63. The van der Waals surface area contributed by atoms with Crippen molar-refractivity contribution in [2.24, 2.45) is 4.99 Å². The summed E-state index contributed by atoms with van der Waals surface area (Å²) in [7, 11) is 1.56. The summed E-state index contributed by atoms with van der Waals surface area (Å²) < 4.78 is 11.4. The van der Waals surface area contributed by atoms with Crippen molar-refractivity contribution in [3.8, 4) is 5.75 Å². The second-order valence-corrected chi connectivity index (χ2v) is 3.98. The number of carbonyl (C=O) groups is 1. The maximum absolute atomic E-state index is 11.7. The topological polar surface area (TPSA) is 51.1 Å². The monoisotopic (exact) mass is 268 g/mol. The van der Waals surface area contributed by atoms with Gasteiger partial charge in [0.1, 0.15) is 11.4 Å². The van der Waals surface area contributed by atoms with Crippen molar-refractivity contribution < 1.29 is 14.3 Å². The number of methoxy groups -OCH3 is 1. The number of hydrogen-bond acceptors (Lipinski definition) is 5. The molecular formula is C12H13ClN2O3. The standard InChI is InChI=1S/C12H13ClN2O3/c1-3-18-12(16)9-7-14-11-8(15(9)13)5-4-6-10(11)17-2/h4-7,9H,3H2,1-2H3. The van der Waals surface area contributed by atoms with E-state index in [4.69, 9.17) is 21.3 Å². The molecule has 0 radical (unpaired) electrons. The minimum atomic E-state index is -0.716. The Morgan fingerprint density at radius 1 is 1.56 bits per heavy atom. The van der Waals surface area contributed by atoms with E-state index in [2.05, 4.69) is 4.99 Å². The Bertz CT molecular complexity index is 490. The zero-order chi connectivity index (χ0) is 13.1. The number of aliphatic imine (C=N–C) groups is 1. The Labute approximate surface area is 110 Å². The fourth-order valence-corrected chi connectivity index (χ4v) is 1.98. The number of hydrogen-bond donors (Lipinski definition) is 0. The van der Waals surface area contributed by atoms with Crippen molar-refractivity contribution in [3.05, 3.63) is 18.2 Å². The summed E-state index contributed by atoms with van der Waals surface area (Å²) >= 11 is 6.16. The van der Waals surface area contributed by atoms with Crippen LogP contribution < -0.4 is 9.16 Å². The number of anilines is 1. The molecule has 0 N–H and O–H groups in total. The van der Waals surface area contributed by atoms with Gasteiger partial charge in [0.15, 0.2) is 6.04 Å². The van der Waals surface area contributed by atoms with Crippen LogP contribution in [0.15, 0.2) is 23.2 Å². The van der Waals surface area contributed by atoms with Crippen LogP contribution >= 0.6 is 11.8 Å². The Morgan fingerprint density at radius 2 is 2.33 bits per heavy atom. The number of carbonyl (C=O) groups excluding carboxylic acids is 1. The summed E-state index contributed by atoms with van der Waals surface area (Å²) in [5.41, 5.74) is 1.23. The van der Waals surface area contributed by atoms with Crippen LogP contribution in [0, 0.1) is 0 Å². The number of esters is 1. The van der Waals surface area contributed by atoms with Gasteiger partial charge in [0.05, 0.1) is 19.4 Å². The molecule has 18 heavy (non-hydrogen) atoms. The Hall–Kier alpha value is -1.75. The van der Waals surface area contributed by atoms with E-state index in [1.807, 2.05) is 0 Å². The highest BCUT2D eigenvalue weighted by Gasteiger charge is 2.30. The third-order valence-electron chi connectivity index (χ3n) is 2.54. The molecule has 1 atom stereocenters. The van der Waals surface area contributed by atoms with Crippen molar-refractivity contribution >= 4 is 35.3 Å². The molecule has 0 aliphatic carbocycles. The second kappa shape index (κ2) is 5.27. The first-order valence-electron chi connectivity index (χ1n) is 5.52. The minimum Gasteiger partial charge on any atom is -0.494 e. The summed E-state index contributed by atoms with van der Waals surface area (Å²) in [4.78, 5) is 15.9. The van der Waals surface area contributed by atoms with Crippen LogP contribution in [0.5, 0.6) is 5.75 Å². The maximum Gasteiger partial charge on any atom is 0.335 e. The lowest BCUT2D eigenvalue weighted by molar-refractivity contribution is -0.142. The Kier molecular flexibility index (Phi) is 3.72. The molecule has 5 nitrogen and oxygen atoms in total. The van der Waals surface area contributed by atoms with Gasteiger partial charge >= 0.3 is 5.97 Å². The fraction of sp³-hybridized carbons (Fsp3) is 0.333. The van der Waals surface area contributed by atoms with Gasteiger partial charge in [0, 0.05) is 18.0 Å². The molecule has 6 heteroatoms. The number of fused-ring (bicyclic) bond motifs is 1. The highest BCUT2D eigenvalue weighted by atomic mass is 35.5. The molecule has 0 amide bonds. The number of para-hydroxylation sites is 1. The first-order chi connectivity index (χ1) is 8.69. The average molecular weight is 269 g/mol. The Balaban J connectivity index is 2.35. The van der Waals surface area contributed by atoms with Gasteiger partial charge in [-0.2, -0.15) is 0 Å². The van der Waals surface area contributed by atoms with Gasteiger partial charge in [-0.1, -0.05) is 6.07 Å². The average Bonchev–Trinajstić information content (AvgIpc) is 2.39. The molecule has 1 heterocycles. The largest absolute Gasteiger partial charge is 0.494 e. The molecule has 1 aromatic rings. The SMILES string of the molecule is CCOC(=O)C1C=Nc2c(OC)cccc2N1Cl. The summed E-state index contributed by atoms with van der Waals surface area (Å²) in [6.07, 6.45) is 1.45. The highest BCUT2D eigenvalue weighted by molar-refractivity contribution is 6.31. The van der Waals surface area contributed by atoms with E-state index >= 15 is 0 Å². The zero-order valence-corrected chi connectivity index (χ0v) is 10.8. The van der Waals surface area contributed by atoms with Crippen LogP contribution in [0.3, 0.4) is 0 Å². The van der Waals surface area contributed by atoms with Crippen LogP contribution in [0.2, 0.25) is 0 Å². The van der Waals surface area contributed by atoms with Crippen LogP contribution in [-0.4, -0.2) is 31.9 Å². The Morgan fingerprint density at radius 3 is 3.00 bits per heavy atom. The van der Waals surface area contributed by atoms with Crippen LogP contribution in [0.4, 0.5) is 11.4 Å². The van der Waals surface area contributed by atoms with Gasteiger partial charge in [-0.25, -0.2) is 4.79 Å². The number of benzene rings is 1. The number of nitrogens with zero attached hydrogens (tertiary/aromatic N) is 2. The molecule has 1 aromatic carbocycles. The van der Waals surface area contributed by atoms with Crippen molar-refractivity contribution in [1.82, 2.24) is 0 Å². The minimum absolute atomic E-state index is 0.304. The van der Waals surface area contributed by atoms with Crippen LogP contribution in [-0.2, 0) is 9.53 Å². The van der Waals surface area contributed by atoms with Gasteiger partial charge < -0.3 is 9.47 Å². The number of ether oxygens (including phenoxy) is 2. The van der Waals surface area contributed by atoms with Gasteiger partial charge in [0.2, 0.25) is 0 Å². The summed E-state index contributed by atoms with van der Waals surface area (Å²) in [5.74, 6) is 0.182. The molecule has 2 rings (SSSR count). The maximum atomic E-state index is 11.7. The molecule has 0 aromatic heterocycles. The molecule has 0 saturated carbocycles. The third kappa shape index (κ3) is 2.13. The lowest BCUT2D eigenvalue weighted by Gasteiger charge is -2.27. The molecule has 1 aliphatic heterocycles. The lowest BCUT2D eigenvalue weighted by Crippen LogP contribution is -2.39. The van der Waals surface area contributed by atoms with Crippen LogP contribution in [0.25, 0.3) is 0 Å². The first kappa shape index (κ1) is 12.7. The molecule has 0 saturated heterocycles. The van der Waals surface area contributed by atoms with Crippen molar-refractivity contribution in [3.63, 3.8) is 0 Å². The van der Waals surface area contributed by atoms with Crippen molar-refractivity contribution in [2.45, 2.75) is 13.0 Å². The highest BCUT2D eigenvalue weighted by Crippen LogP contribution is 2.41. The molecule has 1 aliphatic rings. The third-order valence-corrected chi connectivity index (χ3v) is 2.94. The van der Waals surface area contributed by atoms with Gasteiger partial charge in [-0.05, 0) is 19.1 Å². The summed E-state index contributed by atoms with van der Waals surface area (Å²) in [5, 5.41) is 0. The summed E-state index contributed by atoms with van der Waals surface area (Å²) in [6.45, 7) is 2.05. The smallest absolute Gasteiger partial charge is 0.335 e. The number of halogens is 1. The van der Waals surface area contributed by atoms with Gasteiger partial charge in [-0.15, -0.1) is 0 Å². The fourth-order valence-electron chi connectivity index (χ4n) is 1.71. The lowest BCUT2D eigenvalue weighted by atomic mass is 10.2. The zero-order valence-electron chi connectivity index (χ0n) is 10.1. The predicted octanol–water partition coefficient (Wildman–Crippen LogP) is 2.30. The molecular weight excluding hydrogens is 256 g/mol. The second-order valence-electron chi connectivity index (χ2n) is 3.61. The van der Waals surface area contributed by atoms with E-state index in [1.165, 1.54) is 10.6 Å².